The highest BCUT2D eigenvalue weighted by Crippen LogP contribution is 2.50. The Morgan fingerprint density at radius 3 is 1.55 bits per heavy atom. The fourth-order valence-corrected chi connectivity index (χ4v) is 4.66. The van der Waals surface area contributed by atoms with Gasteiger partial charge < -0.3 is 10.8 Å². The Kier molecular flexibility index (Phi) is 5.14. The molecular weight excluding hydrogens is 380 g/mol. The zero-order chi connectivity index (χ0) is 20.3. The van der Waals surface area contributed by atoms with Gasteiger partial charge in [-0.05, 0) is 16.7 Å². The monoisotopic (exact) mass is 400 g/mol. The number of carboxylic acids is 1. The Morgan fingerprint density at radius 1 is 0.828 bits per heavy atom. The normalized spacial score (nSPS) is 12.4. The summed E-state index contributed by atoms with van der Waals surface area (Å²) in [6.45, 7) is 0. The van der Waals surface area contributed by atoms with Crippen molar-refractivity contribution in [1.29, 1.82) is 0 Å². The van der Waals surface area contributed by atoms with Crippen LogP contribution in [0.15, 0.2) is 96.4 Å². The number of benzene rings is 3. The van der Waals surface area contributed by atoms with Crippen LogP contribution in [0, 0.1) is 0 Å². The number of rotatable bonds is 6. The second kappa shape index (κ2) is 7.89. The summed E-state index contributed by atoms with van der Waals surface area (Å²) in [6, 6.07) is 29.3. The van der Waals surface area contributed by atoms with Crippen LogP contribution in [0.1, 0.15) is 28.3 Å². The average Bonchev–Trinajstić information content (AvgIpc) is 3.19. The number of anilines is 1. The lowest BCUT2D eigenvalue weighted by molar-refractivity contribution is -0.140. The largest absolute Gasteiger partial charge is 0.481 e. The van der Waals surface area contributed by atoms with Crippen LogP contribution in [0.25, 0.3) is 0 Å². The van der Waals surface area contributed by atoms with E-state index in [9.17, 15) is 9.90 Å². The quantitative estimate of drug-likeness (QED) is 0.450. The van der Waals surface area contributed by atoms with Crippen LogP contribution in [0.3, 0.4) is 0 Å². The summed E-state index contributed by atoms with van der Waals surface area (Å²) in [5.41, 5.74) is 8.03. The molecule has 0 fully saturated rings. The van der Waals surface area contributed by atoms with Gasteiger partial charge in [0, 0.05) is 5.38 Å². The summed E-state index contributed by atoms with van der Waals surface area (Å²) in [4.78, 5) is 17.2. The molecule has 3 N–H and O–H groups in total. The van der Waals surface area contributed by atoms with Gasteiger partial charge in [0.25, 0.3) is 0 Å². The lowest BCUT2D eigenvalue weighted by Crippen LogP contribution is -2.40. The van der Waals surface area contributed by atoms with Crippen molar-refractivity contribution in [2.45, 2.75) is 11.3 Å². The zero-order valence-corrected chi connectivity index (χ0v) is 16.4. The van der Waals surface area contributed by atoms with Crippen LogP contribution in [0.5, 0.6) is 0 Å². The minimum Gasteiger partial charge on any atom is -0.481 e. The van der Waals surface area contributed by atoms with Gasteiger partial charge in [0.05, 0.1) is 11.1 Å². The third-order valence-electron chi connectivity index (χ3n) is 5.20. The first-order chi connectivity index (χ1) is 14.1. The third-order valence-corrected chi connectivity index (χ3v) is 5.89. The Bertz CT molecular complexity index is 999. The predicted octanol–water partition coefficient (Wildman–Crippen LogP) is 4.93. The smallest absolute Gasteiger partial charge is 0.314 e. The van der Waals surface area contributed by atoms with Crippen LogP contribution in [-0.2, 0) is 10.2 Å². The summed E-state index contributed by atoms with van der Waals surface area (Å²) in [6.07, 6.45) is 0. The van der Waals surface area contributed by atoms with Crippen LogP contribution in [0.2, 0.25) is 0 Å². The molecule has 4 rings (SSSR count). The second-order valence-electron chi connectivity index (χ2n) is 6.79. The van der Waals surface area contributed by atoms with Crippen molar-refractivity contribution in [2.24, 2.45) is 0 Å². The highest BCUT2D eigenvalue weighted by Gasteiger charge is 2.49. The average molecular weight is 401 g/mol. The van der Waals surface area contributed by atoms with Crippen molar-refractivity contribution in [3.63, 3.8) is 0 Å². The Labute approximate surface area is 173 Å². The van der Waals surface area contributed by atoms with Crippen molar-refractivity contribution in [3.05, 3.63) is 119 Å². The number of aliphatic carboxylic acids is 1. The van der Waals surface area contributed by atoms with Crippen molar-refractivity contribution >= 4 is 22.4 Å². The SMILES string of the molecule is Nc1nc(C(C(=O)O)C(c2ccccc2)(c2ccccc2)c2ccccc2)cs1. The van der Waals surface area contributed by atoms with E-state index in [2.05, 4.69) is 4.98 Å². The summed E-state index contributed by atoms with van der Waals surface area (Å²) in [5, 5.41) is 12.6. The van der Waals surface area contributed by atoms with E-state index in [1.807, 2.05) is 91.0 Å². The van der Waals surface area contributed by atoms with Crippen LogP contribution in [0.4, 0.5) is 5.13 Å². The van der Waals surface area contributed by atoms with E-state index in [4.69, 9.17) is 5.73 Å². The number of thiazole rings is 1. The lowest BCUT2D eigenvalue weighted by Gasteiger charge is -2.40. The topological polar surface area (TPSA) is 76.2 Å². The molecule has 1 heterocycles. The molecule has 1 unspecified atom stereocenters. The highest BCUT2D eigenvalue weighted by molar-refractivity contribution is 7.13. The minimum absolute atomic E-state index is 0.356. The van der Waals surface area contributed by atoms with Gasteiger partial charge in [0.15, 0.2) is 5.13 Å². The van der Waals surface area contributed by atoms with Crippen LogP contribution < -0.4 is 5.73 Å². The summed E-state index contributed by atoms with van der Waals surface area (Å²) in [7, 11) is 0. The molecule has 0 spiro atoms. The molecule has 0 amide bonds. The zero-order valence-electron chi connectivity index (χ0n) is 15.6. The molecule has 29 heavy (non-hydrogen) atoms. The maximum Gasteiger partial charge on any atom is 0.314 e. The summed E-state index contributed by atoms with van der Waals surface area (Å²) >= 11 is 1.26. The van der Waals surface area contributed by atoms with Crippen LogP contribution in [-0.4, -0.2) is 16.1 Å². The molecule has 1 aromatic heterocycles. The van der Waals surface area contributed by atoms with Gasteiger partial charge in [-0.1, -0.05) is 91.0 Å². The van der Waals surface area contributed by atoms with E-state index in [0.29, 0.717) is 10.8 Å². The van der Waals surface area contributed by atoms with E-state index in [1.165, 1.54) is 11.3 Å². The lowest BCUT2D eigenvalue weighted by atomic mass is 9.61. The fourth-order valence-electron chi connectivity index (χ4n) is 4.07. The number of hydrogen-bond acceptors (Lipinski definition) is 4. The first-order valence-electron chi connectivity index (χ1n) is 9.24. The van der Waals surface area contributed by atoms with Crippen molar-refractivity contribution in [2.75, 3.05) is 5.73 Å². The number of nitrogen functional groups attached to an aromatic ring is 1. The number of aromatic nitrogens is 1. The minimum atomic E-state index is -0.976. The molecule has 0 saturated carbocycles. The van der Waals surface area contributed by atoms with Gasteiger partial charge in [-0.15, -0.1) is 11.3 Å². The van der Waals surface area contributed by atoms with E-state index in [-0.39, 0.29) is 0 Å². The number of carbonyl (C=O) groups is 1. The van der Waals surface area contributed by atoms with Crippen LogP contribution >= 0.6 is 11.3 Å². The highest BCUT2D eigenvalue weighted by atomic mass is 32.1. The van der Waals surface area contributed by atoms with Crippen molar-refractivity contribution in [1.82, 2.24) is 4.98 Å². The van der Waals surface area contributed by atoms with Crippen molar-refractivity contribution < 1.29 is 9.90 Å². The molecule has 144 valence electrons. The number of nitrogens with zero attached hydrogens (tertiary/aromatic N) is 1. The molecule has 4 nitrogen and oxygen atoms in total. The summed E-state index contributed by atoms with van der Waals surface area (Å²) < 4.78 is 0. The Hall–Kier alpha value is -3.44. The predicted molar refractivity (Wildman–Crippen MR) is 116 cm³/mol. The molecule has 0 saturated heterocycles. The third kappa shape index (κ3) is 3.30. The Balaban J connectivity index is 2.14. The van der Waals surface area contributed by atoms with Gasteiger partial charge in [-0.2, -0.15) is 0 Å². The van der Waals surface area contributed by atoms with Crippen molar-refractivity contribution in [3.8, 4) is 0 Å². The standard InChI is InChI=1S/C24H20N2O2S/c25-23-26-20(16-29-23)21(22(27)28)24(17-10-4-1-5-11-17,18-12-6-2-7-13-18)19-14-8-3-9-15-19/h1-16,21H,(H2,25,26)(H,27,28). The molecule has 0 aliphatic rings. The molecule has 0 aliphatic heterocycles. The molecule has 0 bridgehead atoms. The molecule has 4 aromatic rings. The molecule has 3 aromatic carbocycles. The number of nitrogens with two attached hydrogens (primary N) is 1. The van der Waals surface area contributed by atoms with Gasteiger partial charge in [-0.25, -0.2) is 4.98 Å². The first kappa shape index (κ1) is 18.9. The second-order valence-corrected chi connectivity index (χ2v) is 7.68. The van der Waals surface area contributed by atoms with E-state index in [0.717, 1.165) is 16.7 Å². The first-order valence-corrected chi connectivity index (χ1v) is 10.1. The number of hydrogen-bond donors (Lipinski definition) is 2. The number of carboxylic acid groups (broad SMARTS) is 1. The van der Waals surface area contributed by atoms with Gasteiger partial charge in [0.2, 0.25) is 0 Å². The Morgan fingerprint density at radius 2 is 1.24 bits per heavy atom. The molecule has 0 aliphatic carbocycles. The maximum atomic E-state index is 12.8. The van der Waals surface area contributed by atoms with E-state index in [1.54, 1.807) is 5.38 Å². The molecule has 0 radical (unpaired) electrons. The molecule has 1 atom stereocenters. The summed E-state index contributed by atoms with van der Waals surface area (Å²) in [5.74, 6) is -1.91. The molecular formula is C24H20N2O2S. The van der Waals surface area contributed by atoms with Gasteiger partial charge >= 0.3 is 5.97 Å². The van der Waals surface area contributed by atoms with E-state index < -0.39 is 17.3 Å². The maximum absolute atomic E-state index is 12.8. The van der Waals surface area contributed by atoms with Gasteiger partial charge in [-0.3, -0.25) is 4.79 Å². The molecule has 5 heteroatoms. The fraction of sp³-hybridized carbons (Fsp3) is 0.0833. The van der Waals surface area contributed by atoms with E-state index >= 15 is 0 Å². The van der Waals surface area contributed by atoms with Gasteiger partial charge in [0.1, 0.15) is 5.92 Å².